The van der Waals surface area contributed by atoms with Crippen LogP contribution in [0.15, 0.2) is 28.7 Å². The van der Waals surface area contributed by atoms with Gasteiger partial charge in [-0.25, -0.2) is 4.79 Å². The third-order valence-electron chi connectivity index (χ3n) is 3.52. The van der Waals surface area contributed by atoms with Crippen molar-refractivity contribution in [3.8, 4) is 0 Å². The van der Waals surface area contributed by atoms with E-state index in [1.807, 2.05) is 25.2 Å². The fraction of sp³-hybridized carbons (Fsp3) is 0.438. The van der Waals surface area contributed by atoms with Crippen molar-refractivity contribution in [2.75, 3.05) is 20.2 Å². The van der Waals surface area contributed by atoms with Gasteiger partial charge in [-0.1, -0.05) is 18.2 Å². The molecule has 0 radical (unpaired) electrons. The standard InChI is InChI=1S/C16H21NO4/c1-17(9-5-2-6-10-18)11-13-12-7-3-4-8-14(12)21-15(13)16(19)20/h3-4,7-8,18H,2,5-6,9-11H2,1H3,(H,19,20). The lowest BCUT2D eigenvalue weighted by atomic mass is 10.1. The van der Waals surface area contributed by atoms with Crippen molar-refractivity contribution in [3.05, 3.63) is 35.6 Å². The van der Waals surface area contributed by atoms with Gasteiger partial charge in [-0.2, -0.15) is 0 Å². The van der Waals surface area contributed by atoms with Crippen LogP contribution >= 0.6 is 0 Å². The number of aromatic carboxylic acids is 1. The minimum absolute atomic E-state index is 0.0263. The Labute approximate surface area is 123 Å². The number of hydrogen-bond acceptors (Lipinski definition) is 4. The number of benzene rings is 1. The average Bonchev–Trinajstić information content (AvgIpc) is 2.83. The topological polar surface area (TPSA) is 73.9 Å². The number of furan rings is 1. The number of para-hydroxylation sites is 1. The number of rotatable bonds is 8. The molecule has 0 saturated heterocycles. The molecule has 0 spiro atoms. The van der Waals surface area contributed by atoms with E-state index in [-0.39, 0.29) is 12.4 Å². The summed E-state index contributed by atoms with van der Waals surface area (Å²) in [6, 6.07) is 7.39. The highest BCUT2D eigenvalue weighted by atomic mass is 16.4. The molecule has 0 saturated carbocycles. The lowest BCUT2D eigenvalue weighted by Crippen LogP contribution is -2.20. The summed E-state index contributed by atoms with van der Waals surface area (Å²) < 4.78 is 5.45. The molecule has 21 heavy (non-hydrogen) atoms. The van der Waals surface area contributed by atoms with Crippen molar-refractivity contribution >= 4 is 16.9 Å². The van der Waals surface area contributed by atoms with Crippen molar-refractivity contribution in [3.63, 3.8) is 0 Å². The minimum Gasteiger partial charge on any atom is -0.475 e. The Bertz CT molecular complexity index is 605. The fourth-order valence-corrected chi connectivity index (χ4v) is 2.45. The molecule has 2 N–H and O–H groups in total. The van der Waals surface area contributed by atoms with E-state index in [1.54, 1.807) is 6.07 Å². The largest absolute Gasteiger partial charge is 0.475 e. The van der Waals surface area contributed by atoms with Gasteiger partial charge in [-0.05, 0) is 38.9 Å². The quantitative estimate of drug-likeness (QED) is 0.732. The molecule has 5 nitrogen and oxygen atoms in total. The van der Waals surface area contributed by atoms with Gasteiger partial charge in [0.15, 0.2) is 0 Å². The first-order valence-corrected chi connectivity index (χ1v) is 7.16. The predicted octanol–water partition coefficient (Wildman–Crippen LogP) is 2.73. The van der Waals surface area contributed by atoms with E-state index >= 15 is 0 Å². The van der Waals surface area contributed by atoms with E-state index in [2.05, 4.69) is 4.90 Å². The normalized spacial score (nSPS) is 11.4. The van der Waals surface area contributed by atoms with Crippen LogP contribution in [0.5, 0.6) is 0 Å². The van der Waals surface area contributed by atoms with E-state index in [9.17, 15) is 9.90 Å². The molecule has 1 aromatic heterocycles. The van der Waals surface area contributed by atoms with Crippen LogP contribution < -0.4 is 0 Å². The van der Waals surface area contributed by atoms with Crippen LogP contribution in [0.4, 0.5) is 0 Å². The molecule has 0 aliphatic carbocycles. The summed E-state index contributed by atoms with van der Waals surface area (Å²) in [5, 5.41) is 18.9. The first-order chi connectivity index (χ1) is 10.1. The summed E-state index contributed by atoms with van der Waals surface area (Å²) in [7, 11) is 1.96. The van der Waals surface area contributed by atoms with Crippen LogP contribution in [-0.4, -0.2) is 41.3 Å². The monoisotopic (exact) mass is 291 g/mol. The summed E-state index contributed by atoms with van der Waals surface area (Å²) in [6.45, 7) is 1.62. The Hall–Kier alpha value is -1.85. The molecular formula is C16H21NO4. The molecule has 2 rings (SSSR count). The molecule has 0 amide bonds. The zero-order valence-corrected chi connectivity index (χ0v) is 12.2. The van der Waals surface area contributed by atoms with Crippen LogP contribution in [0, 0.1) is 0 Å². The van der Waals surface area contributed by atoms with Gasteiger partial charge < -0.3 is 19.5 Å². The van der Waals surface area contributed by atoms with E-state index in [0.29, 0.717) is 12.1 Å². The van der Waals surface area contributed by atoms with Crippen molar-refractivity contribution in [1.82, 2.24) is 4.90 Å². The highest BCUT2D eigenvalue weighted by Gasteiger charge is 2.20. The van der Waals surface area contributed by atoms with Crippen molar-refractivity contribution < 1.29 is 19.4 Å². The molecule has 1 aromatic carbocycles. The van der Waals surface area contributed by atoms with Gasteiger partial charge in [0.1, 0.15) is 5.58 Å². The van der Waals surface area contributed by atoms with Gasteiger partial charge in [-0.15, -0.1) is 0 Å². The van der Waals surface area contributed by atoms with E-state index < -0.39 is 5.97 Å². The van der Waals surface area contributed by atoms with Gasteiger partial charge in [0, 0.05) is 24.1 Å². The molecule has 1 heterocycles. The number of carboxylic acids is 1. The van der Waals surface area contributed by atoms with E-state index in [0.717, 1.165) is 36.8 Å². The van der Waals surface area contributed by atoms with Crippen molar-refractivity contribution in [2.45, 2.75) is 25.8 Å². The van der Waals surface area contributed by atoms with Crippen LogP contribution in [0.2, 0.25) is 0 Å². The number of aliphatic hydroxyl groups is 1. The van der Waals surface area contributed by atoms with Gasteiger partial charge in [0.2, 0.25) is 5.76 Å². The summed E-state index contributed by atoms with van der Waals surface area (Å²) in [5.41, 5.74) is 1.33. The highest BCUT2D eigenvalue weighted by Crippen LogP contribution is 2.27. The zero-order valence-electron chi connectivity index (χ0n) is 12.2. The highest BCUT2D eigenvalue weighted by molar-refractivity contribution is 5.95. The maximum absolute atomic E-state index is 11.3. The van der Waals surface area contributed by atoms with Gasteiger partial charge in [-0.3, -0.25) is 0 Å². The average molecular weight is 291 g/mol. The van der Waals surface area contributed by atoms with Crippen LogP contribution in [-0.2, 0) is 6.54 Å². The number of fused-ring (bicyclic) bond motifs is 1. The van der Waals surface area contributed by atoms with Crippen molar-refractivity contribution in [1.29, 1.82) is 0 Å². The van der Waals surface area contributed by atoms with Gasteiger partial charge >= 0.3 is 5.97 Å². The molecule has 0 atom stereocenters. The first kappa shape index (κ1) is 15.5. The molecular weight excluding hydrogens is 270 g/mol. The maximum atomic E-state index is 11.3. The smallest absolute Gasteiger partial charge is 0.372 e. The lowest BCUT2D eigenvalue weighted by molar-refractivity contribution is 0.0662. The van der Waals surface area contributed by atoms with Crippen molar-refractivity contribution in [2.24, 2.45) is 0 Å². The number of carboxylic acid groups (broad SMARTS) is 1. The second kappa shape index (κ2) is 7.24. The van der Waals surface area contributed by atoms with Crippen LogP contribution in [0.1, 0.15) is 35.4 Å². The Morgan fingerprint density at radius 1 is 1.24 bits per heavy atom. The second-order valence-electron chi connectivity index (χ2n) is 5.23. The first-order valence-electron chi connectivity index (χ1n) is 7.16. The Kier molecular flexibility index (Phi) is 5.36. The number of nitrogens with zero attached hydrogens (tertiary/aromatic N) is 1. The fourth-order valence-electron chi connectivity index (χ4n) is 2.45. The summed E-state index contributed by atoms with van der Waals surface area (Å²) >= 11 is 0. The third-order valence-corrected chi connectivity index (χ3v) is 3.52. The SMILES string of the molecule is CN(CCCCCO)Cc1c(C(=O)O)oc2ccccc12. The molecule has 0 aliphatic heterocycles. The molecule has 2 aromatic rings. The molecule has 0 bridgehead atoms. The maximum Gasteiger partial charge on any atom is 0.372 e. The lowest BCUT2D eigenvalue weighted by Gasteiger charge is -2.16. The summed E-state index contributed by atoms with van der Waals surface area (Å²) in [5.74, 6) is -1.01. The summed E-state index contributed by atoms with van der Waals surface area (Å²) in [6.07, 6.45) is 2.76. The van der Waals surface area contributed by atoms with Crippen LogP contribution in [0.25, 0.3) is 11.0 Å². The Morgan fingerprint density at radius 3 is 2.71 bits per heavy atom. The van der Waals surface area contributed by atoms with E-state index in [4.69, 9.17) is 9.52 Å². The number of aliphatic hydroxyl groups excluding tert-OH is 1. The van der Waals surface area contributed by atoms with Gasteiger partial charge in [0.25, 0.3) is 0 Å². The number of carbonyl (C=O) groups is 1. The second-order valence-corrected chi connectivity index (χ2v) is 5.23. The number of hydrogen-bond donors (Lipinski definition) is 2. The van der Waals surface area contributed by atoms with Crippen LogP contribution in [0.3, 0.4) is 0 Å². The number of unbranched alkanes of at least 4 members (excludes halogenated alkanes) is 2. The molecule has 0 fully saturated rings. The molecule has 114 valence electrons. The third kappa shape index (κ3) is 3.83. The Morgan fingerprint density at radius 2 is 2.00 bits per heavy atom. The van der Waals surface area contributed by atoms with Gasteiger partial charge in [0.05, 0.1) is 0 Å². The predicted molar refractivity (Wildman–Crippen MR) is 80.4 cm³/mol. The minimum atomic E-state index is -1.03. The van der Waals surface area contributed by atoms with E-state index in [1.165, 1.54) is 0 Å². The summed E-state index contributed by atoms with van der Waals surface area (Å²) in [4.78, 5) is 13.4. The molecule has 0 aliphatic rings. The molecule has 0 unspecified atom stereocenters. The Balaban J connectivity index is 2.12. The zero-order chi connectivity index (χ0) is 15.2. The molecule has 5 heteroatoms.